The molecule has 10 heteroatoms. The van der Waals surface area contributed by atoms with E-state index >= 15 is 0 Å². The van der Waals surface area contributed by atoms with Crippen LogP contribution in [0.3, 0.4) is 0 Å². The van der Waals surface area contributed by atoms with Crippen molar-refractivity contribution in [2.75, 3.05) is 16.8 Å². The minimum absolute atomic E-state index is 0.200. The Kier molecular flexibility index (Phi) is 6.75. The van der Waals surface area contributed by atoms with Gasteiger partial charge in [0.1, 0.15) is 6.54 Å². The number of nitrogens with zero attached hydrogens (tertiary/aromatic N) is 2. The van der Waals surface area contributed by atoms with E-state index in [0.29, 0.717) is 28.3 Å². The van der Waals surface area contributed by atoms with Gasteiger partial charge in [-0.25, -0.2) is 4.98 Å². The summed E-state index contributed by atoms with van der Waals surface area (Å²) in [6.07, 6.45) is -0.255. The average molecular weight is 551 g/mol. The number of fused-ring (bicyclic) bond motifs is 3. The number of hydrogen-bond donors (Lipinski definition) is 3. The molecule has 0 radical (unpaired) electrons. The molecular weight excluding hydrogens is 526 g/mol. The zero-order valence-corrected chi connectivity index (χ0v) is 22.0. The Labute approximate surface area is 233 Å². The number of benzene rings is 3. The fraction of sp³-hybridized carbons (Fsp3) is 0.133. The van der Waals surface area contributed by atoms with E-state index in [1.165, 1.54) is 16.2 Å². The van der Waals surface area contributed by atoms with E-state index in [-0.39, 0.29) is 31.3 Å². The lowest BCUT2D eigenvalue weighted by atomic mass is 9.88. The van der Waals surface area contributed by atoms with Crippen LogP contribution in [0.2, 0.25) is 0 Å². The van der Waals surface area contributed by atoms with Gasteiger partial charge in [-0.15, -0.1) is 0 Å². The molecule has 2 aromatic heterocycles. The maximum atomic E-state index is 13.5. The molecule has 3 aromatic carbocycles. The number of amides is 2. The lowest BCUT2D eigenvalue weighted by molar-refractivity contribution is -0.306. The molecule has 0 fully saturated rings. The van der Waals surface area contributed by atoms with Gasteiger partial charge in [0.15, 0.2) is 0 Å². The number of imidazole rings is 1. The highest BCUT2D eigenvalue weighted by molar-refractivity contribution is 7.08. The molecule has 1 aliphatic heterocycles. The Balaban J connectivity index is 1.14. The van der Waals surface area contributed by atoms with Gasteiger partial charge in [-0.3, -0.25) is 14.5 Å². The number of nitrogens with one attached hydrogen (secondary N) is 3. The van der Waals surface area contributed by atoms with Crippen LogP contribution < -0.4 is 20.6 Å². The summed E-state index contributed by atoms with van der Waals surface area (Å²) in [6, 6.07) is 22.5. The van der Waals surface area contributed by atoms with Gasteiger partial charge in [-0.1, -0.05) is 42.5 Å². The van der Waals surface area contributed by atoms with Crippen molar-refractivity contribution in [3.63, 3.8) is 0 Å². The standard InChI is InChI=1S/C30H25N5O4S/c36-27(31-14-18-9-11-19(12-10-18)32-30-33-24-6-2-3-7-25(24)34-30)15-35-26-8-4-1-5-20(26)21(13-28(37)38)22-16-40-17-23(22)29(35)39/h1-12,16-17,21H,13-15H2,(H,31,36)(H,37,38)(H2,32,33,34)/p-1. The second-order valence-corrected chi connectivity index (χ2v) is 10.3. The van der Waals surface area contributed by atoms with Gasteiger partial charge in [-0.05, 0) is 58.8 Å². The summed E-state index contributed by atoms with van der Waals surface area (Å²) < 4.78 is 0. The van der Waals surface area contributed by atoms with E-state index in [9.17, 15) is 19.5 Å². The summed E-state index contributed by atoms with van der Waals surface area (Å²) in [5.74, 6) is -1.76. The number of aromatic amines is 1. The Morgan fingerprint density at radius 1 is 0.975 bits per heavy atom. The number of carboxylic acid groups (broad SMARTS) is 1. The fourth-order valence-corrected chi connectivity index (χ4v) is 5.88. The van der Waals surface area contributed by atoms with Crippen LogP contribution in [0.15, 0.2) is 83.6 Å². The molecule has 9 nitrogen and oxygen atoms in total. The van der Waals surface area contributed by atoms with E-state index in [2.05, 4.69) is 20.6 Å². The number of aliphatic carboxylic acids is 1. The van der Waals surface area contributed by atoms with Crippen LogP contribution in [0.1, 0.15) is 39.4 Å². The highest BCUT2D eigenvalue weighted by Gasteiger charge is 2.34. The molecule has 3 heterocycles. The minimum Gasteiger partial charge on any atom is -0.550 e. The predicted octanol–water partition coefficient (Wildman–Crippen LogP) is 3.92. The summed E-state index contributed by atoms with van der Waals surface area (Å²) >= 11 is 1.33. The summed E-state index contributed by atoms with van der Waals surface area (Å²) in [5, 5.41) is 21.2. The molecule has 0 aliphatic carbocycles. The van der Waals surface area contributed by atoms with Crippen molar-refractivity contribution in [3.05, 3.63) is 106 Å². The molecule has 0 bridgehead atoms. The number of carbonyl (C=O) groups excluding carboxylic acids is 3. The predicted molar refractivity (Wildman–Crippen MR) is 152 cm³/mol. The van der Waals surface area contributed by atoms with Gasteiger partial charge in [-0.2, -0.15) is 11.3 Å². The number of hydrogen-bond acceptors (Lipinski definition) is 7. The molecular formula is C30H24N5O4S-. The first-order valence-corrected chi connectivity index (χ1v) is 13.6. The number of carbonyl (C=O) groups is 3. The first-order valence-electron chi connectivity index (χ1n) is 12.7. The molecule has 200 valence electrons. The van der Waals surface area contributed by atoms with Gasteiger partial charge in [0.2, 0.25) is 11.9 Å². The van der Waals surface area contributed by atoms with Gasteiger partial charge in [0.05, 0.1) is 16.6 Å². The van der Waals surface area contributed by atoms with Crippen molar-refractivity contribution in [3.8, 4) is 0 Å². The van der Waals surface area contributed by atoms with Crippen molar-refractivity contribution in [2.24, 2.45) is 0 Å². The van der Waals surface area contributed by atoms with E-state index in [4.69, 9.17) is 0 Å². The first kappa shape index (κ1) is 25.3. The minimum atomic E-state index is -1.20. The molecule has 6 rings (SSSR count). The van der Waals surface area contributed by atoms with Crippen LogP contribution in [0, 0.1) is 0 Å². The van der Waals surface area contributed by atoms with E-state index in [0.717, 1.165) is 22.3 Å². The van der Waals surface area contributed by atoms with Gasteiger partial charge >= 0.3 is 0 Å². The Hall–Kier alpha value is -4.96. The van der Waals surface area contributed by atoms with Crippen LogP contribution in [-0.4, -0.2) is 34.3 Å². The third kappa shape index (κ3) is 5.04. The van der Waals surface area contributed by atoms with Crippen molar-refractivity contribution in [2.45, 2.75) is 18.9 Å². The van der Waals surface area contributed by atoms with Crippen molar-refractivity contribution in [1.82, 2.24) is 15.3 Å². The van der Waals surface area contributed by atoms with E-state index < -0.39 is 11.9 Å². The van der Waals surface area contributed by atoms with E-state index in [1.807, 2.05) is 48.5 Å². The normalized spacial score (nSPS) is 14.3. The number of H-pyrrole nitrogens is 1. The van der Waals surface area contributed by atoms with Gasteiger partial charge in [0, 0.05) is 35.2 Å². The molecule has 0 spiro atoms. The molecule has 1 aliphatic rings. The number of aromatic nitrogens is 2. The highest BCUT2D eigenvalue weighted by atomic mass is 32.1. The van der Waals surface area contributed by atoms with Crippen LogP contribution in [0.25, 0.3) is 11.0 Å². The number of rotatable bonds is 8. The maximum absolute atomic E-state index is 13.5. The molecule has 40 heavy (non-hydrogen) atoms. The first-order chi connectivity index (χ1) is 19.5. The number of para-hydroxylation sites is 3. The molecule has 1 unspecified atom stereocenters. The third-order valence-electron chi connectivity index (χ3n) is 6.91. The molecule has 3 N–H and O–H groups in total. The van der Waals surface area contributed by atoms with Crippen LogP contribution in [-0.2, 0) is 16.1 Å². The SMILES string of the molecule is O=C([O-])CC1c2cscc2C(=O)N(CC(=O)NCc2ccc(Nc3nc4ccccc4[nH]3)cc2)c2ccccc21. The number of anilines is 3. The second kappa shape index (κ2) is 10.7. The molecule has 1 atom stereocenters. The second-order valence-electron chi connectivity index (χ2n) is 9.52. The summed E-state index contributed by atoms with van der Waals surface area (Å²) in [4.78, 5) is 47.3. The third-order valence-corrected chi connectivity index (χ3v) is 7.68. The summed E-state index contributed by atoms with van der Waals surface area (Å²) in [6.45, 7) is 0.0826. The van der Waals surface area contributed by atoms with Crippen molar-refractivity contribution < 1.29 is 19.5 Å². The topological polar surface area (TPSA) is 130 Å². The summed E-state index contributed by atoms with van der Waals surface area (Å²) in [5.41, 5.74) is 5.81. The molecule has 5 aromatic rings. The Morgan fingerprint density at radius 2 is 1.75 bits per heavy atom. The van der Waals surface area contributed by atoms with Crippen molar-refractivity contribution >= 4 is 57.5 Å². The molecule has 2 amide bonds. The van der Waals surface area contributed by atoms with Crippen molar-refractivity contribution in [1.29, 1.82) is 0 Å². The average Bonchev–Trinajstić information content (AvgIpc) is 3.59. The Morgan fingerprint density at radius 3 is 2.55 bits per heavy atom. The monoisotopic (exact) mass is 550 g/mol. The largest absolute Gasteiger partial charge is 0.550 e. The zero-order chi connectivity index (χ0) is 27.6. The van der Waals surface area contributed by atoms with Gasteiger partial charge in [0.25, 0.3) is 5.91 Å². The maximum Gasteiger partial charge on any atom is 0.259 e. The quantitative estimate of drug-likeness (QED) is 0.269. The number of thiophene rings is 1. The molecule has 0 saturated heterocycles. The number of carboxylic acids is 1. The van der Waals surface area contributed by atoms with Gasteiger partial charge < -0.3 is 25.5 Å². The van der Waals surface area contributed by atoms with Crippen LogP contribution >= 0.6 is 11.3 Å². The Bertz CT molecular complexity index is 1690. The highest BCUT2D eigenvalue weighted by Crippen LogP contribution is 2.41. The zero-order valence-electron chi connectivity index (χ0n) is 21.2. The molecule has 0 saturated carbocycles. The lowest BCUT2D eigenvalue weighted by Crippen LogP contribution is -2.40. The lowest BCUT2D eigenvalue weighted by Gasteiger charge is -2.24. The smallest absolute Gasteiger partial charge is 0.259 e. The van der Waals surface area contributed by atoms with E-state index in [1.54, 1.807) is 35.0 Å². The van der Waals surface area contributed by atoms with Crippen LogP contribution in [0.4, 0.5) is 17.3 Å². The summed E-state index contributed by atoms with van der Waals surface area (Å²) in [7, 11) is 0. The van der Waals surface area contributed by atoms with Crippen LogP contribution in [0.5, 0.6) is 0 Å². The fourth-order valence-electron chi connectivity index (χ4n) is 5.00.